The number of ether oxygens (including phenoxy) is 3. The van der Waals surface area contributed by atoms with Gasteiger partial charge in [0.2, 0.25) is 17.6 Å². The fourth-order valence-electron chi connectivity index (χ4n) is 3.63. The van der Waals surface area contributed by atoms with Gasteiger partial charge in [-0.15, -0.1) is 0 Å². The maximum atomic E-state index is 16.2. The number of halogens is 1. The average Bonchev–Trinajstić information content (AvgIpc) is 3.33. The number of carbonyl (C=O) groups excluding carboxylic acids is 1. The number of carbonyl (C=O) groups is 1. The van der Waals surface area contributed by atoms with Crippen molar-refractivity contribution in [1.82, 2.24) is 24.6 Å². The summed E-state index contributed by atoms with van der Waals surface area (Å²) in [6.45, 7) is 5.20. The summed E-state index contributed by atoms with van der Waals surface area (Å²) >= 11 is 0. The fourth-order valence-corrected chi connectivity index (χ4v) is 5.13. The van der Waals surface area contributed by atoms with E-state index in [0.29, 0.717) is 0 Å². The Hall–Kier alpha value is -3.36. The van der Waals surface area contributed by atoms with Gasteiger partial charge in [0.05, 0.1) is 26.1 Å². The quantitative estimate of drug-likeness (QED) is 0.186. The summed E-state index contributed by atoms with van der Waals surface area (Å²) in [5.74, 6) is -3.29. The van der Waals surface area contributed by atoms with E-state index >= 15 is 4.39 Å². The Labute approximate surface area is 230 Å². The van der Waals surface area contributed by atoms with Crippen LogP contribution in [0.3, 0.4) is 0 Å². The van der Waals surface area contributed by atoms with Crippen molar-refractivity contribution in [2.45, 2.75) is 57.8 Å². The number of benzene rings is 1. The molecule has 0 saturated carbocycles. The number of imidazole rings is 1. The number of aliphatic hydroxyl groups excluding tert-OH is 1. The first-order chi connectivity index (χ1) is 18.8. The van der Waals surface area contributed by atoms with Crippen LogP contribution in [0.2, 0.25) is 0 Å². The van der Waals surface area contributed by atoms with Crippen LogP contribution in [0.1, 0.15) is 27.7 Å². The van der Waals surface area contributed by atoms with E-state index in [1.807, 2.05) is 0 Å². The molecule has 1 unspecified atom stereocenters. The molecule has 40 heavy (non-hydrogen) atoms. The van der Waals surface area contributed by atoms with Crippen molar-refractivity contribution in [2.24, 2.45) is 0 Å². The van der Waals surface area contributed by atoms with Crippen LogP contribution in [-0.4, -0.2) is 75.8 Å². The Morgan fingerprint density at radius 3 is 2.50 bits per heavy atom. The van der Waals surface area contributed by atoms with Crippen molar-refractivity contribution in [3.05, 3.63) is 36.7 Å². The van der Waals surface area contributed by atoms with Gasteiger partial charge in [0.15, 0.2) is 11.2 Å². The molecule has 4 N–H and O–H groups in total. The molecule has 0 aliphatic heterocycles. The zero-order valence-corrected chi connectivity index (χ0v) is 23.9. The lowest BCUT2D eigenvalue weighted by molar-refractivity contribution is -0.149. The highest BCUT2D eigenvalue weighted by Gasteiger charge is 2.44. The van der Waals surface area contributed by atoms with Crippen LogP contribution < -0.4 is 20.1 Å². The van der Waals surface area contributed by atoms with Gasteiger partial charge < -0.3 is 29.6 Å². The second-order valence-corrected chi connectivity index (χ2v) is 10.8. The number of methoxy groups -OCH3 is 2. The molecule has 5 atom stereocenters. The monoisotopic (exact) mass is 584 g/mol. The van der Waals surface area contributed by atoms with E-state index in [0.717, 1.165) is 17.8 Å². The third-order valence-electron chi connectivity index (χ3n) is 5.68. The number of fused-ring (bicyclic) bond motifs is 1. The average molecular weight is 585 g/mol. The molecule has 0 radical (unpaired) electrons. The summed E-state index contributed by atoms with van der Waals surface area (Å²) in [5.41, 5.74) is 5.80. The highest BCUT2D eigenvalue weighted by atomic mass is 31.2. The first-order valence-electron chi connectivity index (χ1n) is 12.2. The number of nitrogens with zero attached hydrogens (tertiary/aromatic N) is 4. The molecular weight excluding hydrogens is 550 g/mol. The minimum atomic E-state index is -4.31. The number of para-hydroxylation sites is 1. The number of esters is 1. The molecule has 1 aromatic carbocycles. The molecule has 2 aromatic heterocycles. The SMILES string of the molecule is COc1nc(N)nc2c1ncn2[C@](C)(F)[C@H](O)[C@@H](COP(=O)(N[C@@H](C)C(=O)OC(C)C)Oc1ccccc1)OC. The van der Waals surface area contributed by atoms with E-state index in [-0.39, 0.29) is 28.7 Å². The Balaban J connectivity index is 1.85. The van der Waals surface area contributed by atoms with Gasteiger partial charge in [-0.1, -0.05) is 18.2 Å². The molecule has 16 heteroatoms. The van der Waals surface area contributed by atoms with Gasteiger partial charge in [-0.3, -0.25) is 13.9 Å². The number of aromatic nitrogens is 4. The first kappa shape index (κ1) is 31.2. The number of anilines is 1. The van der Waals surface area contributed by atoms with Gasteiger partial charge >= 0.3 is 13.7 Å². The number of aliphatic hydroxyl groups is 1. The molecule has 2 heterocycles. The molecule has 0 amide bonds. The van der Waals surface area contributed by atoms with E-state index < -0.39 is 50.5 Å². The molecule has 3 rings (SSSR count). The molecule has 0 aliphatic carbocycles. The number of nitrogens with two attached hydrogens (primary N) is 1. The molecule has 0 aliphatic rings. The number of nitrogens with one attached hydrogen (secondary N) is 1. The van der Waals surface area contributed by atoms with E-state index in [1.165, 1.54) is 33.3 Å². The fraction of sp³-hybridized carbons (Fsp3) is 0.500. The lowest BCUT2D eigenvalue weighted by Crippen LogP contribution is -2.48. The van der Waals surface area contributed by atoms with Gasteiger partial charge in [-0.2, -0.15) is 15.1 Å². The molecule has 0 bridgehead atoms. The second-order valence-electron chi connectivity index (χ2n) is 9.15. The van der Waals surface area contributed by atoms with Crippen molar-refractivity contribution in [2.75, 3.05) is 26.6 Å². The summed E-state index contributed by atoms with van der Waals surface area (Å²) in [6.07, 6.45) is -2.61. The molecule has 3 aromatic rings. The summed E-state index contributed by atoms with van der Waals surface area (Å²) in [5, 5.41) is 13.6. The van der Waals surface area contributed by atoms with Gasteiger partial charge in [0, 0.05) is 7.11 Å². The zero-order chi connectivity index (χ0) is 29.7. The minimum absolute atomic E-state index is 0.0216. The van der Waals surface area contributed by atoms with Crippen LogP contribution in [0, 0.1) is 0 Å². The third-order valence-corrected chi connectivity index (χ3v) is 7.32. The lowest BCUT2D eigenvalue weighted by Gasteiger charge is -2.33. The highest BCUT2D eigenvalue weighted by molar-refractivity contribution is 7.52. The second kappa shape index (κ2) is 12.9. The largest absolute Gasteiger partial charge is 0.479 e. The smallest absolute Gasteiger partial charge is 0.459 e. The van der Waals surface area contributed by atoms with Gasteiger partial charge in [-0.25, -0.2) is 13.9 Å². The van der Waals surface area contributed by atoms with Gasteiger partial charge in [0.25, 0.3) is 0 Å². The van der Waals surface area contributed by atoms with Crippen molar-refractivity contribution >= 4 is 30.8 Å². The Bertz CT molecular complexity index is 1340. The van der Waals surface area contributed by atoms with Gasteiger partial charge in [-0.05, 0) is 39.8 Å². The zero-order valence-electron chi connectivity index (χ0n) is 23.0. The minimum Gasteiger partial charge on any atom is -0.479 e. The van der Waals surface area contributed by atoms with Crippen molar-refractivity contribution in [1.29, 1.82) is 0 Å². The molecule has 0 spiro atoms. The van der Waals surface area contributed by atoms with Crippen LogP contribution >= 0.6 is 7.75 Å². The summed E-state index contributed by atoms with van der Waals surface area (Å²) < 4.78 is 57.6. The summed E-state index contributed by atoms with van der Waals surface area (Å²) in [7, 11) is -1.75. The maximum Gasteiger partial charge on any atom is 0.459 e. The van der Waals surface area contributed by atoms with Crippen LogP contribution in [0.15, 0.2) is 36.7 Å². The molecule has 0 fully saturated rings. The standard InChI is InChI=1S/C24H34FN6O8P/c1-14(2)38-22(33)15(3)30-40(34,39-16-10-8-7-9-11-16)37-12-17(35-5)19(32)24(4,25)31-13-27-18-20(31)28-23(26)29-21(18)36-6/h7-11,13-15,17,19,32H,12H2,1-6H3,(H,30,34)(H2,26,28,29)/t15-,17+,19+,24-,40?/m0/s1. The topological polar surface area (TPSA) is 182 Å². The number of hydrogen-bond donors (Lipinski definition) is 3. The molecule has 14 nitrogen and oxygen atoms in total. The van der Waals surface area contributed by atoms with E-state index in [2.05, 4.69) is 20.0 Å². The van der Waals surface area contributed by atoms with Crippen LogP contribution in [-0.2, 0) is 29.1 Å². The number of alkyl halides is 1. The van der Waals surface area contributed by atoms with Crippen LogP contribution in [0.25, 0.3) is 11.2 Å². The maximum absolute atomic E-state index is 16.2. The Morgan fingerprint density at radius 2 is 1.90 bits per heavy atom. The molecule has 220 valence electrons. The van der Waals surface area contributed by atoms with Crippen LogP contribution in [0.5, 0.6) is 11.6 Å². The van der Waals surface area contributed by atoms with Gasteiger partial charge in [0.1, 0.15) is 24.0 Å². The van der Waals surface area contributed by atoms with Crippen LogP contribution in [0.4, 0.5) is 10.3 Å². The number of nitrogen functional groups attached to an aromatic ring is 1. The number of hydrogen-bond acceptors (Lipinski definition) is 12. The van der Waals surface area contributed by atoms with Crippen molar-refractivity contribution in [3.8, 4) is 11.6 Å². The summed E-state index contributed by atoms with van der Waals surface area (Å²) in [6, 6.07) is 6.97. The lowest BCUT2D eigenvalue weighted by atomic mass is 10.0. The number of rotatable bonds is 14. The normalized spacial score (nSPS) is 17.0. The predicted octanol–water partition coefficient (Wildman–Crippen LogP) is 2.57. The predicted molar refractivity (Wildman–Crippen MR) is 142 cm³/mol. The highest BCUT2D eigenvalue weighted by Crippen LogP contribution is 2.45. The van der Waals surface area contributed by atoms with Crippen molar-refractivity contribution in [3.63, 3.8) is 0 Å². The summed E-state index contributed by atoms with van der Waals surface area (Å²) in [4.78, 5) is 24.4. The molecule has 0 saturated heterocycles. The molecular formula is C24H34FN6O8P. The van der Waals surface area contributed by atoms with E-state index in [4.69, 9.17) is 29.0 Å². The van der Waals surface area contributed by atoms with Crippen molar-refractivity contribution < 1.29 is 42.1 Å². The van der Waals surface area contributed by atoms with E-state index in [9.17, 15) is 14.5 Å². The first-order valence-corrected chi connectivity index (χ1v) is 13.8. The Kier molecular flexibility index (Phi) is 10.0. The Morgan fingerprint density at radius 1 is 1.23 bits per heavy atom. The third kappa shape index (κ3) is 7.23. The van der Waals surface area contributed by atoms with E-state index in [1.54, 1.807) is 32.0 Å².